The summed E-state index contributed by atoms with van der Waals surface area (Å²) < 4.78 is 16.3. The van der Waals surface area contributed by atoms with Crippen LogP contribution in [0.25, 0.3) is 32.7 Å². The van der Waals surface area contributed by atoms with Crippen LogP contribution in [0.5, 0.6) is 11.5 Å². The van der Waals surface area contributed by atoms with Crippen LogP contribution in [0, 0.1) is 0 Å². The molecule has 0 saturated carbocycles. The van der Waals surface area contributed by atoms with E-state index >= 15 is 0 Å². The number of hydrogen-bond donors (Lipinski definition) is 0. The standard InChI is InChI=1S/C44H32O2P2/c1-5-19-35(20-6-1)47(36-21-7-2-8-22-36)48(37-23-9-3-10-24-37,38-25-11-4-12-26-38)45-41-31-29-33-17-13-15-27-39(33)43(41)44-40-28-16-14-18-34(40)30-32-42(44)46-48/h1-32H. The molecule has 0 spiro atoms. The Morgan fingerprint density at radius 2 is 0.688 bits per heavy atom. The normalized spacial score (nSPS) is 15.2. The molecule has 1 aliphatic heterocycles. The van der Waals surface area contributed by atoms with Gasteiger partial charge >= 0.3 is 283 Å². The van der Waals surface area contributed by atoms with E-state index in [-0.39, 0.29) is 0 Å². The maximum absolute atomic E-state index is 8.15. The van der Waals surface area contributed by atoms with Crippen LogP contribution in [0.3, 0.4) is 0 Å². The van der Waals surface area contributed by atoms with Crippen molar-refractivity contribution in [1.29, 1.82) is 0 Å². The molecule has 8 aromatic rings. The van der Waals surface area contributed by atoms with Crippen molar-refractivity contribution in [2.75, 3.05) is 0 Å². The average Bonchev–Trinajstić information content (AvgIpc) is 3.31. The van der Waals surface area contributed by atoms with Gasteiger partial charge in [-0.05, 0) is 0 Å². The fourth-order valence-electron chi connectivity index (χ4n) is 7.32. The van der Waals surface area contributed by atoms with Crippen molar-refractivity contribution in [2.24, 2.45) is 0 Å². The van der Waals surface area contributed by atoms with Gasteiger partial charge in [0.05, 0.1) is 0 Å². The van der Waals surface area contributed by atoms with E-state index in [1.54, 1.807) is 0 Å². The molecule has 4 heteroatoms. The Bertz CT molecular complexity index is 2240. The van der Waals surface area contributed by atoms with Crippen LogP contribution in [-0.4, -0.2) is 0 Å². The van der Waals surface area contributed by atoms with E-state index in [1.807, 2.05) is 0 Å². The molecule has 0 aliphatic carbocycles. The van der Waals surface area contributed by atoms with Crippen LogP contribution >= 0.6 is 14.4 Å². The molecule has 0 N–H and O–H groups in total. The fraction of sp³-hybridized carbons (Fsp3) is 0. The van der Waals surface area contributed by atoms with Gasteiger partial charge in [-0.15, -0.1) is 0 Å². The topological polar surface area (TPSA) is 18.5 Å². The Kier molecular flexibility index (Phi) is 6.91. The average molecular weight is 655 g/mol. The summed E-state index contributed by atoms with van der Waals surface area (Å²) in [4.78, 5) is 0. The van der Waals surface area contributed by atoms with Crippen molar-refractivity contribution in [1.82, 2.24) is 0 Å². The van der Waals surface area contributed by atoms with Crippen molar-refractivity contribution in [3.05, 3.63) is 194 Å². The monoisotopic (exact) mass is 654 g/mol. The van der Waals surface area contributed by atoms with Crippen LogP contribution in [0.4, 0.5) is 0 Å². The van der Waals surface area contributed by atoms with Crippen LogP contribution < -0.4 is 30.3 Å². The molecule has 1 heterocycles. The van der Waals surface area contributed by atoms with Crippen LogP contribution in [-0.2, 0) is 0 Å². The first-order valence-corrected chi connectivity index (χ1v) is 20.4. The molecule has 2 nitrogen and oxygen atoms in total. The van der Waals surface area contributed by atoms with Crippen LogP contribution in [0.15, 0.2) is 194 Å². The summed E-state index contributed by atoms with van der Waals surface area (Å²) in [5, 5.41) is 9.08. The molecule has 0 bridgehead atoms. The summed E-state index contributed by atoms with van der Waals surface area (Å²) in [5.74, 6) is 1.65. The number of rotatable bonds is 5. The molecule has 0 unspecified atom stereocenters. The van der Waals surface area contributed by atoms with Crippen molar-refractivity contribution in [2.45, 2.75) is 0 Å². The Hall–Kier alpha value is -5.26. The summed E-state index contributed by atoms with van der Waals surface area (Å²) in [7, 11) is -1.36. The molecule has 9 rings (SSSR count). The molecule has 0 saturated heterocycles. The molecule has 0 aromatic heterocycles. The Balaban J connectivity index is 1.55. The second-order valence-corrected chi connectivity index (χ2v) is 20.3. The van der Waals surface area contributed by atoms with Crippen molar-refractivity contribution in [3.8, 4) is 22.6 Å². The molecule has 1 aliphatic rings. The zero-order valence-corrected chi connectivity index (χ0v) is 28.0. The van der Waals surface area contributed by atoms with E-state index in [4.69, 9.17) is 9.05 Å². The van der Waals surface area contributed by atoms with Crippen molar-refractivity contribution >= 4 is 57.1 Å². The Labute approximate surface area is 282 Å². The first kappa shape index (κ1) is 28.9. The van der Waals surface area contributed by atoms with E-state index in [9.17, 15) is 0 Å². The van der Waals surface area contributed by atoms with E-state index in [2.05, 4.69) is 194 Å². The SMILES string of the molecule is c1ccc(P(c2ccccc2)P2(c3ccccc3)(c3ccccc3)Oc3ccc4ccccc4c3-c3c(ccc4ccccc34)O2)cc1. The molecular formula is C44H32O2P2. The van der Waals surface area contributed by atoms with Gasteiger partial charge in [0, 0.05) is 0 Å². The first-order chi connectivity index (χ1) is 23.8. The second kappa shape index (κ2) is 11.5. The van der Waals surface area contributed by atoms with E-state index in [0.717, 1.165) is 54.8 Å². The van der Waals surface area contributed by atoms with Gasteiger partial charge in [0.15, 0.2) is 0 Å². The molecule has 48 heavy (non-hydrogen) atoms. The third-order valence-electron chi connectivity index (χ3n) is 9.36. The Morgan fingerprint density at radius 1 is 0.333 bits per heavy atom. The van der Waals surface area contributed by atoms with Gasteiger partial charge in [0.2, 0.25) is 0 Å². The van der Waals surface area contributed by atoms with Gasteiger partial charge in [-0.2, -0.15) is 0 Å². The molecule has 230 valence electrons. The van der Waals surface area contributed by atoms with Crippen molar-refractivity contribution < 1.29 is 9.05 Å². The van der Waals surface area contributed by atoms with Gasteiger partial charge < -0.3 is 0 Å². The predicted molar refractivity (Wildman–Crippen MR) is 206 cm³/mol. The van der Waals surface area contributed by atoms with Gasteiger partial charge in [-0.3, -0.25) is 0 Å². The molecule has 8 aromatic carbocycles. The fourth-order valence-corrected chi connectivity index (χ4v) is 19.7. The number of fused-ring (bicyclic) bond motifs is 7. The summed E-state index contributed by atoms with van der Waals surface area (Å²) >= 11 is 0. The zero-order chi connectivity index (χ0) is 32.0. The molecule has 0 amide bonds. The molecular weight excluding hydrogens is 622 g/mol. The summed E-state index contributed by atoms with van der Waals surface area (Å²) in [6, 6.07) is 69.2. The van der Waals surface area contributed by atoms with E-state index in [0.29, 0.717) is 0 Å². The maximum atomic E-state index is 8.15. The summed E-state index contributed by atoms with van der Waals surface area (Å²) in [6.07, 6.45) is 0. The quantitative estimate of drug-likeness (QED) is 0.172. The van der Waals surface area contributed by atoms with E-state index < -0.39 is 14.4 Å². The third kappa shape index (κ3) is 4.27. The van der Waals surface area contributed by atoms with Crippen LogP contribution in [0.2, 0.25) is 0 Å². The Morgan fingerprint density at radius 3 is 1.10 bits per heavy atom. The van der Waals surface area contributed by atoms with Gasteiger partial charge in [-0.1, -0.05) is 0 Å². The summed E-state index contributed by atoms with van der Waals surface area (Å²) in [6.45, 7) is -4.31. The van der Waals surface area contributed by atoms with E-state index in [1.165, 1.54) is 10.6 Å². The minimum absolute atomic E-state index is 0.827. The number of benzene rings is 8. The molecule has 0 atom stereocenters. The molecule has 0 radical (unpaired) electrons. The second-order valence-electron chi connectivity index (χ2n) is 12.1. The van der Waals surface area contributed by atoms with Gasteiger partial charge in [0.25, 0.3) is 0 Å². The van der Waals surface area contributed by atoms with Gasteiger partial charge in [0.1, 0.15) is 0 Å². The zero-order valence-electron chi connectivity index (χ0n) is 26.2. The first-order valence-electron chi connectivity index (χ1n) is 16.2. The summed E-state index contributed by atoms with van der Waals surface area (Å²) in [5.41, 5.74) is 2.13. The third-order valence-corrected chi connectivity index (χ3v) is 20.6. The minimum atomic E-state index is -4.31. The number of hydrogen-bond acceptors (Lipinski definition) is 2. The predicted octanol–water partition coefficient (Wildman–Crippen LogP) is 10.5. The van der Waals surface area contributed by atoms with Crippen molar-refractivity contribution in [3.63, 3.8) is 0 Å². The van der Waals surface area contributed by atoms with Crippen LogP contribution in [0.1, 0.15) is 0 Å². The molecule has 0 fully saturated rings. The van der Waals surface area contributed by atoms with Gasteiger partial charge in [-0.25, -0.2) is 0 Å².